The van der Waals surface area contributed by atoms with E-state index < -0.39 is 12.0 Å². The lowest BCUT2D eigenvalue weighted by atomic mass is 9.93. The Kier molecular flexibility index (Phi) is 6.27. The molecule has 1 amide bonds. The van der Waals surface area contributed by atoms with Crippen molar-refractivity contribution in [2.75, 3.05) is 26.8 Å². The summed E-state index contributed by atoms with van der Waals surface area (Å²) in [7, 11) is 1.61. The molecular formula is C19H23FN4O2. The molecule has 26 heavy (non-hydrogen) atoms. The molecule has 7 heteroatoms. The smallest absolute Gasteiger partial charge is 0.229 e. The molecule has 1 aliphatic rings. The van der Waals surface area contributed by atoms with Gasteiger partial charge < -0.3 is 9.64 Å². The zero-order chi connectivity index (χ0) is 18.4. The third-order valence-electron chi connectivity index (χ3n) is 4.54. The summed E-state index contributed by atoms with van der Waals surface area (Å²) in [6.07, 6.45) is 3.41. The SMILES string of the molecule is COCCN(Cc1ccncc1)C(=O)C1CNNC1c1ccccc1F. The third-order valence-corrected chi connectivity index (χ3v) is 4.54. The number of hydrazine groups is 1. The van der Waals surface area contributed by atoms with Crippen molar-refractivity contribution in [3.8, 4) is 0 Å². The van der Waals surface area contributed by atoms with Crippen molar-refractivity contribution in [3.05, 3.63) is 65.7 Å². The monoisotopic (exact) mass is 358 g/mol. The van der Waals surface area contributed by atoms with Crippen LogP contribution >= 0.6 is 0 Å². The van der Waals surface area contributed by atoms with Crippen molar-refractivity contribution in [2.24, 2.45) is 5.92 Å². The van der Waals surface area contributed by atoms with E-state index in [4.69, 9.17) is 4.74 Å². The van der Waals surface area contributed by atoms with Gasteiger partial charge in [-0.25, -0.2) is 9.82 Å². The van der Waals surface area contributed by atoms with Crippen LogP contribution in [-0.4, -0.2) is 42.6 Å². The van der Waals surface area contributed by atoms with E-state index in [1.165, 1.54) is 6.07 Å². The second-order valence-corrected chi connectivity index (χ2v) is 6.24. The van der Waals surface area contributed by atoms with Gasteiger partial charge in [0.15, 0.2) is 0 Å². The summed E-state index contributed by atoms with van der Waals surface area (Å²) >= 11 is 0. The predicted molar refractivity (Wildman–Crippen MR) is 95.3 cm³/mol. The quantitative estimate of drug-likeness (QED) is 0.788. The van der Waals surface area contributed by atoms with Crippen LogP contribution in [0.4, 0.5) is 4.39 Å². The molecule has 2 atom stereocenters. The molecule has 3 rings (SSSR count). The number of nitrogens with one attached hydrogen (secondary N) is 2. The highest BCUT2D eigenvalue weighted by molar-refractivity contribution is 5.80. The lowest BCUT2D eigenvalue weighted by Gasteiger charge is -2.28. The Labute approximate surface area is 152 Å². The van der Waals surface area contributed by atoms with E-state index in [0.717, 1.165) is 5.56 Å². The predicted octanol–water partition coefficient (Wildman–Crippen LogP) is 1.66. The van der Waals surface area contributed by atoms with Gasteiger partial charge in [-0.2, -0.15) is 0 Å². The van der Waals surface area contributed by atoms with Crippen molar-refractivity contribution in [3.63, 3.8) is 0 Å². The molecule has 2 aromatic rings. The molecule has 1 fully saturated rings. The number of pyridine rings is 1. The van der Waals surface area contributed by atoms with Crippen molar-refractivity contribution in [1.82, 2.24) is 20.7 Å². The number of methoxy groups -OCH3 is 1. The molecule has 1 aromatic carbocycles. The van der Waals surface area contributed by atoms with Crippen LogP contribution < -0.4 is 10.9 Å². The van der Waals surface area contributed by atoms with E-state index in [1.54, 1.807) is 42.6 Å². The second-order valence-electron chi connectivity index (χ2n) is 6.24. The fraction of sp³-hybridized carbons (Fsp3) is 0.368. The van der Waals surface area contributed by atoms with Crippen LogP contribution in [0, 0.1) is 11.7 Å². The number of nitrogens with zero attached hydrogens (tertiary/aromatic N) is 2. The number of amides is 1. The van der Waals surface area contributed by atoms with Gasteiger partial charge >= 0.3 is 0 Å². The van der Waals surface area contributed by atoms with E-state index in [1.807, 2.05) is 12.1 Å². The fourth-order valence-corrected chi connectivity index (χ4v) is 3.16. The second kappa shape index (κ2) is 8.84. The number of benzene rings is 1. The van der Waals surface area contributed by atoms with Crippen LogP contribution in [0.3, 0.4) is 0 Å². The van der Waals surface area contributed by atoms with Gasteiger partial charge in [0.2, 0.25) is 5.91 Å². The van der Waals surface area contributed by atoms with Crippen molar-refractivity contribution < 1.29 is 13.9 Å². The lowest BCUT2D eigenvalue weighted by molar-refractivity contribution is -0.136. The first-order valence-electron chi connectivity index (χ1n) is 8.60. The molecular weight excluding hydrogens is 335 g/mol. The number of hydrogen-bond acceptors (Lipinski definition) is 5. The fourth-order valence-electron chi connectivity index (χ4n) is 3.16. The van der Waals surface area contributed by atoms with Gasteiger partial charge in [0.25, 0.3) is 0 Å². The highest BCUT2D eigenvalue weighted by atomic mass is 19.1. The highest BCUT2D eigenvalue weighted by Crippen LogP contribution is 2.28. The number of carbonyl (C=O) groups is 1. The number of halogens is 1. The largest absolute Gasteiger partial charge is 0.383 e. The Morgan fingerprint density at radius 2 is 2.08 bits per heavy atom. The molecule has 0 bridgehead atoms. The van der Waals surface area contributed by atoms with E-state index in [0.29, 0.717) is 31.8 Å². The van der Waals surface area contributed by atoms with E-state index in [-0.39, 0.29) is 11.7 Å². The maximum atomic E-state index is 14.2. The van der Waals surface area contributed by atoms with Gasteiger partial charge in [0, 0.05) is 44.7 Å². The number of carbonyl (C=O) groups excluding carboxylic acids is 1. The molecule has 0 saturated carbocycles. The van der Waals surface area contributed by atoms with Crippen molar-refractivity contribution >= 4 is 5.91 Å². The maximum absolute atomic E-state index is 14.2. The minimum atomic E-state index is -0.411. The summed E-state index contributed by atoms with van der Waals surface area (Å²) in [5.74, 6) is -0.751. The standard InChI is InChI=1S/C19H23FN4O2/c1-26-11-10-24(13-14-6-8-21-9-7-14)19(25)16-12-22-23-18(16)15-4-2-3-5-17(15)20/h2-9,16,18,22-23H,10-13H2,1H3. The van der Waals surface area contributed by atoms with E-state index in [9.17, 15) is 9.18 Å². The summed E-state index contributed by atoms with van der Waals surface area (Å²) in [5.41, 5.74) is 7.52. The summed E-state index contributed by atoms with van der Waals surface area (Å²) in [4.78, 5) is 19.0. The summed E-state index contributed by atoms with van der Waals surface area (Å²) < 4.78 is 19.4. The van der Waals surface area contributed by atoms with Gasteiger partial charge in [-0.05, 0) is 23.8 Å². The molecule has 6 nitrogen and oxygen atoms in total. The van der Waals surface area contributed by atoms with E-state index >= 15 is 0 Å². The molecule has 1 aromatic heterocycles. The average molecular weight is 358 g/mol. The number of rotatable bonds is 7. The molecule has 1 aliphatic heterocycles. The summed E-state index contributed by atoms with van der Waals surface area (Å²) in [5, 5.41) is 0. The Morgan fingerprint density at radius 3 is 2.81 bits per heavy atom. The van der Waals surface area contributed by atoms with E-state index in [2.05, 4.69) is 15.8 Å². The van der Waals surface area contributed by atoms with Gasteiger partial charge in [0.1, 0.15) is 5.82 Å². The topological polar surface area (TPSA) is 66.5 Å². The minimum Gasteiger partial charge on any atom is -0.383 e. The van der Waals surface area contributed by atoms with Gasteiger partial charge in [-0.1, -0.05) is 18.2 Å². The lowest BCUT2D eigenvalue weighted by Crippen LogP contribution is -2.40. The minimum absolute atomic E-state index is 0.0374. The van der Waals surface area contributed by atoms with Crippen LogP contribution in [0.2, 0.25) is 0 Å². The average Bonchev–Trinajstić information content (AvgIpc) is 3.15. The Morgan fingerprint density at radius 1 is 1.31 bits per heavy atom. The van der Waals surface area contributed by atoms with Gasteiger partial charge in [0.05, 0.1) is 18.6 Å². The first-order chi connectivity index (χ1) is 12.7. The molecule has 2 heterocycles. The number of hydrogen-bond donors (Lipinski definition) is 2. The highest BCUT2D eigenvalue weighted by Gasteiger charge is 2.37. The van der Waals surface area contributed by atoms with Crippen molar-refractivity contribution in [2.45, 2.75) is 12.6 Å². The van der Waals surface area contributed by atoms with Crippen LogP contribution in [-0.2, 0) is 16.1 Å². The maximum Gasteiger partial charge on any atom is 0.229 e. The van der Waals surface area contributed by atoms with Crippen LogP contribution in [0.5, 0.6) is 0 Å². The van der Waals surface area contributed by atoms with Crippen LogP contribution in [0.1, 0.15) is 17.2 Å². The number of ether oxygens (including phenoxy) is 1. The Balaban J connectivity index is 1.79. The molecule has 0 aliphatic carbocycles. The van der Waals surface area contributed by atoms with Gasteiger partial charge in [-0.3, -0.25) is 15.2 Å². The van der Waals surface area contributed by atoms with Gasteiger partial charge in [-0.15, -0.1) is 0 Å². The first-order valence-corrected chi connectivity index (χ1v) is 8.60. The van der Waals surface area contributed by atoms with Crippen LogP contribution in [0.25, 0.3) is 0 Å². The Bertz CT molecular complexity index is 728. The number of aromatic nitrogens is 1. The van der Waals surface area contributed by atoms with Crippen LogP contribution in [0.15, 0.2) is 48.8 Å². The van der Waals surface area contributed by atoms with Crippen molar-refractivity contribution in [1.29, 1.82) is 0 Å². The normalized spacial score (nSPS) is 19.5. The molecule has 0 spiro atoms. The zero-order valence-corrected chi connectivity index (χ0v) is 14.7. The molecule has 2 unspecified atom stereocenters. The molecule has 138 valence electrons. The summed E-state index contributed by atoms with van der Waals surface area (Å²) in [6.45, 7) is 1.82. The zero-order valence-electron chi connectivity index (χ0n) is 14.7. The third kappa shape index (κ3) is 4.24. The summed E-state index contributed by atoms with van der Waals surface area (Å²) in [6, 6.07) is 9.90. The first kappa shape index (κ1) is 18.4. The molecule has 2 N–H and O–H groups in total. The Hall–Kier alpha value is -2.35. The molecule has 0 radical (unpaired) electrons. The molecule has 1 saturated heterocycles.